The molecule has 1 aromatic carbocycles. The van der Waals surface area contributed by atoms with Crippen LogP contribution in [0.25, 0.3) is 0 Å². The molecule has 1 saturated carbocycles. The van der Waals surface area contributed by atoms with Gasteiger partial charge in [-0.05, 0) is 44.0 Å². The number of rotatable bonds is 5. The van der Waals surface area contributed by atoms with Gasteiger partial charge in [-0.3, -0.25) is 9.59 Å². The van der Waals surface area contributed by atoms with Crippen LogP contribution in [0.5, 0.6) is 5.75 Å². The molecule has 1 aliphatic heterocycles. The molecule has 1 atom stereocenters. The quantitative estimate of drug-likeness (QED) is 0.785. The minimum atomic E-state index is -0.708. The van der Waals surface area contributed by atoms with Gasteiger partial charge in [-0.15, -0.1) is 0 Å². The van der Waals surface area contributed by atoms with Crippen molar-refractivity contribution in [1.29, 1.82) is 0 Å². The van der Waals surface area contributed by atoms with Crippen molar-refractivity contribution in [3.63, 3.8) is 0 Å². The molecule has 1 aliphatic carbocycles. The summed E-state index contributed by atoms with van der Waals surface area (Å²) < 4.78 is 17.2. The minimum absolute atomic E-state index is 0.213. The average Bonchev–Trinajstić information content (AvgIpc) is 3.04. The molecule has 2 N–H and O–H groups in total. The van der Waals surface area contributed by atoms with E-state index in [9.17, 15) is 9.59 Å². The molecule has 1 heterocycles. The van der Waals surface area contributed by atoms with Gasteiger partial charge in [0.05, 0.1) is 13.2 Å². The Labute approximate surface area is 153 Å². The number of benzene rings is 1. The fourth-order valence-corrected chi connectivity index (χ4v) is 3.35. The zero-order valence-corrected chi connectivity index (χ0v) is 15.1. The molecule has 1 spiro atoms. The van der Waals surface area contributed by atoms with Gasteiger partial charge >= 0.3 is 11.8 Å². The van der Waals surface area contributed by atoms with Gasteiger partial charge in [0.2, 0.25) is 0 Å². The average molecular weight is 362 g/mol. The second kappa shape index (κ2) is 8.51. The van der Waals surface area contributed by atoms with E-state index in [1.807, 2.05) is 6.92 Å². The van der Waals surface area contributed by atoms with Crippen molar-refractivity contribution < 1.29 is 23.8 Å². The molecule has 0 bridgehead atoms. The lowest BCUT2D eigenvalue weighted by atomic mass is 9.94. The van der Waals surface area contributed by atoms with E-state index >= 15 is 0 Å². The maximum absolute atomic E-state index is 12.0. The van der Waals surface area contributed by atoms with Crippen molar-refractivity contribution in [3.8, 4) is 5.75 Å². The van der Waals surface area contributed by atoms with Gasteiger partial charge in [0.25, 0.3) is 0 Å². The Bertz CT molecular complexity index is 625. The lowest BCUT2D eigenvalue weighted by Crippen LogP contribution is -2.41. The first-order valence-electron chi connectivity index (χ1n) is 9.24. The Morgan fingerprint density at radius 2 is 1.88 bits per heavy atom. The van der Waals surface area contributed by atoms with Crippen LogP contribution in [0.4, 0.5) is 5.69 Å². The molecule has 7 heteroatoms. The van der Waals surface area contributed by atoms with E-state index < -0.39 is 17.6 Å². The predicted octanol–water partition coefficient (Wildman–Crippen LogP) is 2.22. The van der Waals surface area contributed by atoms with E-state index in [-0.39, 0.29) is 12.6 Å². The van der Waals surface area contributed by atoms with Crippen LogP contribution in [0.15, 0.2) is 24.3 Å². The Morgan fingerprint density at radius 3 is 2.58 bits per heavy atom. The first-order chi connectivity index (χ1) is 12.6. The van der Waals surface area contributed by atoms with Crippen molar-refractivity contribution in [2.75, 3.05) is 25.1 Å². The van der Waals surface area contributed by atoms with Gasteiger partial charge in [-0.1, -0.05) is 6.42 Å². The van der Waals surface area contributed by atoms with Gasteiger partial charge in [-0.25, -0.2) is 0 Å². The molecule has 1 aromatic rings. The number of amides is 2. The number of hydrogen-bond donors (Lipinski definition) is 2. The van der Waals surface area contributed by atoms with Crippen LogP contribution in [0.3, 0.4) is 0 Å². The summed E-state index contributed by atoms with van der Waals surface area (Å²) >= 11 is 0. The predicted molar refractivity (Wildman–Crippen MR) is 95.9 cm³/mol. The van der Waals surface area contributed by atoms with E-state index in [0.717, 1.165) is 25.7 Å². The number of ether oxygens (including phenoxy) is 3. The SMILES string of the molecule is CCOc1ccc(NC(=O)C(=O)NCC2COC3(CCCCC3)O2)cc1. The van der Waals surface area contributed by atoms with E-state index in [1.165, 1.54) is 6.42 Å². The van der Waals surface area contributed by atoms with Crippen LogP contribution in [-0.2, 0) is 19.1 Å². The molecular weight excluding hydrogens is 336 g/mol. The fraction of sp³-hybridized carbons (Fsp3) is 0.579. The number of hydrogen-bond acceptors (Lipinski definition) is 5. The van der Waals surface area contributed by atoms with Crippen molar-refractivity contribution in [2.45, 2.75) is 50.9 Å². The van der Waals surface area contributed by atoms with Gasteiger partial charge in [0.15, 0.2) is 5.79 Å². The van der Waals surface area contributed by atoms with Crippen molar-refractivity contribution in [3.05, 3.63) is 24.3 Å². The first kappa shape index (κ1) is 18.7. The van der Waals surface area contributed by atoms with E-state index in [1.54, 1.807) is 24.3 Å². The lowest BCUT2D eigenvalue weighted by Gasteiger charge is -2.31. The molecule has 1 saturated heterocycles. The Kier molecular flexibility index (Phi) is 6.11. The summed E-state index contributed by atoms with van der Waals surface area (Å²) in [6.07, 6.45) is 5.00. The van der Waals surface area contributed by atoms with Gasteiger partial charge in [0, 0.05) is 25.1 Å². The van der Waals surface area contributed by atoms with Crippen molar-refractivity contribution >= 4 is 17.5 Å². The molecule has 0 radical (unpaired) electrons. The second-order valence-electron chi connectivity index (χ2n) is 6.64. The van der Waals surface area contributed by atoms with E-state index in [4.69, 9.17) is 14.2 Å². The molecular formula is C19H26N2O5. The molecule has 7 nitrogen and oxygen atoms in total. The van der Waals surface area contributed by atoms with E-state index in [0.29, 0.717) is 24.7 Å². The van der Waals surface area contributed by atoms with Crippen LogP contribution < -0.4 is 15.4 Å². The highest BCUT2D eigenvalue weighted by Gasteiger charge is 2.42. The smallest absolute Gasteiger partial charge is 0.313 e. The highest BCUT2D eigenvalue weighted by Crippen LogP contribution is 2.37. The molecule has 26 heavy (non-hydrogen) atoms. The Hall–Kier alpha value is -2.12. The van der Waals surface area contributed by atoms with Gasteiger partial charge < -0.3 is 24.8 Å². The minimum Gasteiger partial charge on any atom is -0.494 e. The molecule has 2 fully saturated rings. The van der Waals surface area contributed by atoms with Gasteiger partial charge in [-0.2, -0.15) is 0 Å². The number of carbonyl (C=O) groups is 2. The van der Waals surface area contributed by atoms with Crippen LogP contribution in [0, 0.1) is 0 Å². The monoisotopic (exact) mass is 362 g/mol. The van der Waals surface area contributed by atoms with E-state index in [2.05, 4.69) is 10.6 Å². The summed E-state index contributed by atoms with van der Waals surface area (Å²) in [5.41, 5.74) is 0.537. The largest absolute Gasteiger partial charge is 0.494 e. The first-order valence-corrected chi connectivity index (χ1v) is 9.24. The molecule has 1 unspecified atom stereocenters. The van der Waals surface area contributed by atoms with Crippen molar-refractivity contribution in [1.82, 2.24) is 5.32 Å². The molecule has 3 rings (SSSR count). The summed E-state index contributed by atoms with van der Waals surface area (Å²) in [6.45, 7) is 3.18. The van der Waals surface area contributed by atoms with Crippen LogP contribution in [0.1, 0.15) is 39.0 Å². The highest BCUT2D eigenvalue weighted by molar-refractivity contribution is 6.39. The molecule has 2 amide bonds. The maximum Gasteiger partial charge on any atom is 0.313 e. The standard InChI is InChI=1S/C19H26N2O5/c1-2-24-15-8-6-14(7-9-15)21-18(23)17(22)20-12-16-13-25-19(26-16)10-4-3-5-11-19/h6-9,16H,2-5,10-13H2,1H3,(H,20,22)(H,21,23). The zero-order valence-electron chi connectivity index (χ0n) is 15.1. The maximum atomic E-state index is 12.0. The summed E-state index contributed by atoms with van der Waals surface area (Å²) in [6, 6.07) is 6.86. The number of carbonyl (C=O) groups excluding carboxylic acids is 2. The fourth-order valence-electron chi connectivity index (χ4n) is 3.35. The lowest BCUT2D eigenvalue weighted by molar-refractivity contribution is -0.186. The summed E-state index contributed by atoms with van der Waals surface area (Å²) in [7, 11) is 0. The highest BCUT2D eigenvalue weighted by atomic mass is 16.7. The number of anilines is 1. The summed E-state index contributed by atoms with van der Waals surface area (Å²) in [5.74, 6) is -1.16. The summed E-state index contributed by atoms with van der Waals surface area (Å²) in [5, 5.41) is 5.18. The summed E-state index contributed by atoms with van der Waals surface area (Å²) in [4.78, 5) is 24.0. The molecule has 142 valence electrons. The topological polar surface area (TPSA) is 85.9 Å². The number of nitrogens with one attached hydrogen (secondary N) is 2. The second-order valence-corrected chi connectivity index (χ2v) is 6.64. The third-order valence-corrected chi connectivity index (χ3v) is 4.65. The van der Waals surface area contributed by atoms with Crippen LogP contribution in [-0.4, -0.2) is 43.5 Å². The normalized spacial score (nSPS) is 21.3. The van der Waals surface area contributed by atoms with Crippen LogP contribution in [0.2, 0.25) is 0 Å². The zero-order chi connectivity index (χ0) is 18.4. The molecule has 0 aromatic heterocycles. The Balaban J connectivity index is 1.42. The van der Waals surface area contributed by atoms with Crippen LogP contribution >= 0.6 is 0 Å². The van der Waals surface area contributed by atoms with Gasteiger partial charge in [0.1, 0.15) is 11.9 Å². The Morgan fingerprint density at radius 1 is 1.15 bits per heavy atom. The third-order valence-electron chi connectivity index (χ3n) is 4.65. The third kappa shape index (κ3) is 4.74. The molecule has 2 aliphatic rings. The van der Waals surface area contributed by atoms with Crippen molar-refractivity contribution in [2.24, 2.45) is 0 Å².